The molecule has 0 aliphatic carbocycles. The second-order valence-electron chi connectivity index (χ2n) is 4.93. The third-order valence-corrected chi connectivity index (χ3v) is 3.43. The zero-order chi connectivity index (χ0) is 12.3. The average molecular weight is 242 g/mol. The molecule has 0 saturated carbocycles. The van der Waals surface area contributed by atoms with Gasteiger partial charge in [-0.3, -0.25) is 0 Å². The molecule has 4 heteroatoms. The standard InChI is InChI=1S/C13H30N4/c1-2-3-8-16(11-5-14)9-4-10-17-12-6-15-7-13-17/h15H,2-14H2,1H3. The fourth-order valence-electron chi connectivity index (χ4n) is 2.35. The second-order valence-corrected chi connectivity index (χ2v) is 4.93. The Morgan fingerprint density at radius 1 is 1.12 bits per heavy atom. The van der Waals surface area contributed by atoms with E-state index in [4.69, 9.17) is 5.73 Å². The summed E-state index contributed by atoms with van der Waals surface area (Å²) in [5.41, 5.74) is 5.66. The first-order valence-electron chi connectivity index (χ1n) is 7.22. The van der Waals surface area contributed by atoms with Crippen molar-refractivity contribution in [3.8, 4) is 0 Å². The first-order chi connectivity index (χ1) is 8.36. The van der Waals surface area contributed by atoms with Crippen molar-refractivity contribution in [2.45, 2.75) is 26.2 Å². The van der Waals surface area contributed by atoms with Gasteiger partial charge in [0.05, 0.1) is 0 Å². The van der Waals surface area contributed by atoms with E-state index in [9.17, 15) is 0 Å². The van der Waals surface area contributed by atoms with Crippen molar-refractivity contribution in [2.75, 3.05) is 58.9 Å². The van der Waals surface area contributed by atoms with Crippen LogP contribution < -0.4 is 11.1 Å². The predicted molar refractivity (Wildman–Crippen MR) is 74.3 cm³/mol. The van der Waals surface area contributed by atoms with Gasteiger partial charge >= 0.3 is 0 Å². The molecule has 1 heterocycles. The van der Waals surface area contributed by atoms with E-state index in [1.165, 1.54) is 52.0 Å². The Morgan fingerprint density at radius 3 is 2.47 bits per heavy atom. The summed E-state index contributed by atoms with van der Waals surface area (Å²) in [5.74, 6) is 0. The van der Waals surface area contributed by atoms with Crippen LogP contribution in [0.2, 0.25) is 0 Å². The maximum absolute atomic E-state index is 5.66. The third kappa shape index (κ3) is 6.99. The molecule has 17 heavy (non-hydrogen) atoms. The van der Waals surface area contributed by atoms with Gasteiger partial charge in [-0.05, 0) is 32.5 Å². The van der Waals surface area contributed by atoms with Crippen molar-refractivity contribution in [3.63, 3.8) is 0 Å². The van der Waals surface area contributed by atoms with Gasteiger partial charge < -0.3 is 20.9 Å². The average Bonchev–Trinajstić information content (AvgIpc) is 2.37. The summed E-state index contributed by atoms with van der Waals surface area (Å²) in [6, 6.07) is 0. The zero-order valence-corrected chi connectivity index (χ0v) is 11.5. The lowest BCUT2D eigenvalue weighted by Gasteiger charge is -2.28. The minimum absolute atomic E-state index is 0.789. The highest BCUT2D eigenvalue weighted by Crippen LogP contribution is 1.99. The number of nitrogens with zero attached hydrogens (tertiary/aromatic N) is 2. The highest BCUT2D eigenvalue weighted by atomic mass is 15.2. The number of hydrogen-bond donors (Lipinski definition) is 2. The molecule has 0 spiro atoms. The molecule has 0 radical (unpaired) electrons. The fraction of sp³-hybridized carbons (Fsp3) is 1.00. The van der Waals surface area contributed by atoms with Gasteiger partial charge in [-0.2, -0.15) is 0 Å². The van der Waals surface area contributed by atoms with E-state index in [2.05, 4.69) is 22.0 Å². The minimum Gasteiger partial charge on any atom is -0.329 e. The topological polar surface area (TPSA) is 44.5 Å². The molecule has 1 saturated heterocycles. The summed E-state index contributed by atoms with van der Waals surface area (Å²) in [4.78, 5) is 5.09. The monoisotopic (exact) mass is 242 g/mol. The highest BCUT2D eigenvalue weighted by molar-refractivity contribution is 4.68. The van der Waals surface area contributed by atoms with E-state index in [0.717, 1.165) is 26.2 Å². The van der Waals surface area contributed by atoms with Crippen LogP contribution in [0.5, 0.6) is 0 Å². The number of nitrogens with one attached hydrogen (secondary N) is 1. The Labute approximate surface area is 107 Å². The van der Waals surface area contributed by atoms with Crippen molar-refractivity contribution in [3.05, 3.63) is 0 Å². The molecule has 4 nitrogen and oxygen atoms in total. The first-order valence-corrected chi connectivity index (χ1v) is 7.22. The number of nitrogens with two attached hydrogens (primary N) is 1. The van der Waals surface area contributed by atoms with E-state index < -0.39 is 0 Å². The molecule has 0 aromatic rings. The van der Waals surface area contributed by atoms with Crippen LogP contribution in [0.4, 0.5) is 0 Å². The van der Waals surface area contributed by atoms with Crippen LogP contribution in [0.3, 0.4) is 0 Å². The maximum Gasteiger partial charge on any atom is 0.0107 e. The zero-order valence-electron chi connectivity index (χ0n) is 11.5. The van der Waals surface area contributed by atoms with Gasteiger partial charge in [-0.1, -0.05) is 13.3 Å². The maximum atomic E-state index is 5.66. The largest absolute Gasteiger partial charge is 0.329 e. The fourth-order valence-corrected chi connectivity index (χ4v) is 2.35. The molecule has 0 atom stereocenters. The predicted octanol–water partition coefficient (Wildman–Crippen LogP) is 0.343. The minimum atomic E-state index is 0.789. The molecule has 1 aliphatic heterocycles. The molecular formula is C13H30N4. The van der Waals surface area contributed by atoms with Crippen molar-refractivity contribution in [2.24, 2.45) is 5.73 Å². The first kappa shape index (κ1) is 14.9. The molecule has 3 N–H and O–H groups in total. The molecule has 0 amide bonds. The lowest BCUT2D eigenvalue weighted by molar-refractivity contribution is 0.211. The quantitative estimate of drug-likeness (QED) is 0.612. The molecule has 0 bridgehead atoms. The van der Waals surface area contributed by atoms with Crippen LogP contribution in [-0.4, -0.2) is 68.7 Å². The Morgan fingerprint density at radius 2 is 1.82 bits per heavy atom. The summed E-state index contributed by atoms with van der Waals surface area (Å²) in [7, 11) is 0. The Bertz CT molecular complexity index is 169. The number of rotatable bonds is 9. The van der Waals surface area contributed by atoms with E-state index in [-0.39, 0.29) is 0 Å². The van der Waals surface area contributed by atoms with Gasteiger partial charge in [-0.25, -0.2) is 0 Å². The lowest BCUT2D eigenvalue weighted by atomic mass is 10.2. The molecule has 0 aromatic carbocycles. The Balaban J connectivity index is 2.07. The van der Waals surface area contributed by atoms with Crippen LogP contribution in [-0.2, 0) is 0 Å². The van der Waals surface area contributed by atoms with Gasteiger partial charge in [0.1, 0.15) is 0 Å². The molecular weight excluding hydrogens is 212 g/mol. The van der Waals surface area contributed by atoms with Crippen molar-refractivity contribution in [1.82, 2.24) is 15.1 Å². The van der Waals surface area contributed by atoms with Gasteiger partial charge in [0.25, 0.3) is 0 Å². The van der Waals surface area contributed by atoms with E-state index in [1.807, 2.05) is 0 Å². The summed E-state index contributed by atoms with van der Waals surface area (Å²) in [6.07, 6.45) is 3.86. The number of unbranched alkanes of at least 4 members (excludes halogenated alkanes) is 1. The van der Waals surface area contributed by atoms with Gasteiger partial charge in [-0.15, -0.1) is 0 Å². The van der Waals surface area contributed by atoms with Crippen LogP contribution in [0.15, 0.2) is 0 Å². The van der Waals surface area contributed by atoms with Gasteiger partial charge in [0.2, 0.25) is 0 Å². The Kier molecular flexibility index (Phi) is 8.61. The van der Waals surface area contributed by atoms with Crippen molar-refractivity contribution < 1.29 is 0 Å². The summed E-state index contributed by atoms with van der Waals surface area (Å²) in [5, 5.41) is 3.39. The van der Waals surface area contributed by atoms with Crippen LogP contribution in [0.1, 0.15) is 26.2 Å². The molecule has 0 unspecified atom stereocenters. The Hall–Kier alpha value is -0.160. The SMILES string of the molecule is CCCCN(CCN)CCCN1CCNCC1. The van der Waals surface area contributed by atoms with E-state index in [0.29, 0.717) is 0 Å². The van der Waals surface area contributed by atoms with Gasteiger partial charge in [0.15, 0.2) is 0 Å². The van der Waals surface area contributed by atoms with Crippen LogP contribution in [0.25, 0.3) is 0 Å². The summed E-state index contributed by atoms with van der Waals surface area (Å²) in [6.45, 7) is 12.5. The van der Waals surface area contributed by atoms with Crippen molar-refractivity contribution in [1.29, 1.82) is 0 Å². The molecule has 102 valence electrons. The molecule has 0 aromatic heterocycles. The van der Waals surface area contributed by atoms with Crippen molar-refractivity contribution >= 4 is 0 Å². The lowest BCUT2D eigenvalue weighted by Crippen LogP contribution is -2.44. The number of hydrogen-bond acceptors (Lipinski definition) is 4. The smallest absolute Gasteiger partial charge is 0.0107 e. The van der Waals surface area contributed by atoms with E-state index >= 15 is 0 Å². The summed E-state index contributed by atoms with van der Waals surface area (Å²) >= 11 is 0. The molecule has 1 aliphatic rings. The second kappa shape index (κ2) is 9.83. The molecule has 1 fully saturated rings. The van der Waals surface area contributed by atoms with Gasteiger partial charge in [0, 0.05) is 39.3 Å². The van der Waals surface area contributed by atoms with Crippen LogP contribution in [0, 0.1) is 0 Å². The molecule has 1 rings (SSSR count). The normalized spacial score (nSPS) is 17.8. The summed E-state index contributed by atoms with van der Waals surface area (Å²) < 4.78 is 0. The van der Waals surface area contributed by atoms with Crippen LogP contribution >= 0.6 is 0 Å². The third-order valence-electron chi connectivity index (χ3n) is 3.43. The number of piperazine rings is 1. The highest BCUT2D eigenvalue weighted by Gasteiger charge is 2.09. The van der Waals surface area contributed by atoms with E-state index in [1.54, 1.807) is 0 Å².